The molecule has 8 heteroatoms. The minimum absolute atomic E-state index is 0.109. The van der Waals surface area contributed by atoms with Gasteiger partial charge < -0.3 is 19.9 Å². The van der Waals surface area contributed by atoms with Gasteiger partial charge in [0.1, 0.15) is 12.4 Å². The van der Waals surface area contributed by atoms with E-state index in [0.29, 0.717) is 22.6 Å². The Balaban J connectivity index is 2.24. The summed E-state index contributed by atoms with van der Waals surface area (Å²) in [5, 5.41) is 11.8. The average Bonchev–Trinajstić information content (AvgIpc) is 2.56. The van der Waals surface area contributed by atoms with Crippen molar-refractivity contribution in [2.45, 2.75) is 13.2 Å². The zero-order valence-electron chi connectivity index (χ0n) is 13.3. The highest BCUT2D eigenvalue weighted by Gasteiger charge is 2.16. The predicted octanol–water partition coefficient (Wildman–Crippen LogP) is 4.00. The number of hydrogen-bond donors (Lipinski definition) is 2. The van der Waals surface area contributed by atoms with Crippen molar-refractivity contribution in [2.24, 2.45) is 0 Å². The number of halogens is 3. The zero-order valence-corrected chi connectivity index (χ0v) is 15.7. The molecule has 0 saturated carbocycles. The molecule has 0 bridgehead atoms. The summed E-state index contributed by atoms with van der Waals surface area (Å²) in [5.41, 5.74) is 1.33. The van der Waals surface area contributed by atoms with Crippen molar-refractivity contribution < 1.29 is 23.8 Å². The number of hydrogen-bond acceptors (Lipinski definition) is 4. The van der Waals surface area contributed by atoms with Gasteiger partial charge in [-0.05, 0) is 24.3 Å². The summed E-state index contributed by atoms with van der Waals surface area (Å²) in [5.74, 6) is -0.435. The molecule has 0 aliphatic heterocycles. The molecule has 5 nitrogen and oxygen atoms in total. The van der Waals surface area contributed by atoms with Gasteiger partial charge in [0, 0.05) is 22.1 Å². The van der Waals surface area contributed by atoms with Crippen LogP contribution < -0.4 is 14.8 Å². The van der Waals surface area contributed by atoms with Gasteiger partial charge in [-0.2, -0.15) is 0 Å². The maximum atomic E-state index is 13.1. The molecule has 2 N–H and O–H groups in total. The van der Waals surface area contributed by atoms with Crippen LogP contribution in [-0.2, 0) is 17.9 Å². The Morgan fingerprint density at radius 2 is 2.12 bits per heavy atom. The molecule has 0 radical (unpaired) electrons. The molecule has 0 atom stereocenters. The molecule has 25 heavy (non-hydrogen) atoms. The lowest BCUT2D eigenvalue weighted by atomic mass is 10.1. The van der Waals surface area contributed by atoms with Gasteiger partial charge >= 0.3 is 5.97 Å². The second kappa shape index (κ2) is 9.03. The van der Waals surface area contributed by atoms with Crippen LogP contribution in [0.15, 0.2) is 34.8 Å². The average molecular weight is 433 g/mol. The van der Waals surface area contributed by atoms with Crippen molar-refractivity contribution in [1.82, 2.24) is 5.32 Å². The van der Waals surface area contributed by atoms with Crippen LogP contribution in [0.4, 0.5) is 4.39 Å². The maximum absolute atomic E-state index is 13.1. The van der Waals surface area contributed by atoms with Gasteiger partial charge in [-0.1, -0.05) is 33.6 Å². The van der Waals surface area contributed by atoms with E-state index in [0.717, 1.165) is 4.47 Å². The molecule has 2 rings (SSSR count). The Hall–Kier alpha value is -1.83. The van der Waals surface area contributed by atoms with Crippen molar-refractivity contribution >= 4 is 33.5 Å². The van der Waals surface area contributed by atoms with Crippen molar-refractivity contribution in [3.63, 3.8) is 0 Å². The van der Waals surface area contributed by atoms with Crippen LogP contribution in [0.25, 0.3) is 0 Å². The van der Waals surface area contributed by atoms with Gasteiger partial charge in [0.05, 0.1) is 18.7 Å². The van der Waals surface area contributed by atoms with Gasteiger partial charge in [-0.3, -0.25) is 4.79 Å². The molecule has 0 spiro atoms. The van der Waals surface area contributed by atoms with Crippen molar-refractivity contribution in [1.29, 1.82) is 0 Å². The molecule has 0 unspecified atom stereocenters. The maximum Gasteiger partial charge on any atom is 0.317 e. The number of nitrogens with one attached hydrogen (secondary N) is 1. The van der Waals surface area contributed by atoms with Crippen LogP contribution in [0.2, 0.25) is 5.02 Å². The first-order chi connectivity index (χ1) is 11.9. The van der Waals surface area contributed by atoms with E-state index in [9.17, 15) is 9.18 Å². The van der Waals surface area contributed by atoms with Crippen LogP contribution >= 0.6 is 27.5 Å². The van der Waals surface area contributed by atoms with E-state index < -0.39 is 11.8 Å². The van der Waals surface area contributed by atoms with Crippen LogP contribution in [0.5, 0.6) is 11.5 Å². The highest BCUT2D eigenvalue weighted by atomic mass is 79.9. The van der Waals surface area contributed by atoms with Gasteiger partial charge in [0.15, 0.2) is 11.5 Å². The predicted molar refractivity (Wildman–Crippen MR) is 95.8 cm³/mol. The largest absolute Gasteiger partial charge is 0.493 e. The molecule has 2 aromatic rings. The highest BCUT2D eigenvalue weighted by Crippen LogP contribution is 2.37. The quantitative estimate of drug-likeness (QED) is 0.660. The van der Waals surface area contributed by atoms with Crippen LogP contribution in [0, 0.1) is 5.82 Å². The number of benzene rings is 2. The molecule has 0 saturated heterocycles. The second-order valence-corrected chi connectivity index (χ2v) is 6.34. The summed E-state index contributed by atoms with van der Waals surface area (Å²) < 4.78 is 25.1. The number of rotatable bonds is 8. The number of aliphatic carboxylic acids is 1. The van der Waals surface area contributed by atoms with E-state index in [1.165, 1.54) is 19.2 Å². The first-order valence-corrected chi connectivity index (χ1v) is 8.44. The Morgan fingerprint density at radius 3 is 2.76 bits per heavy atom. The smallest absolute Gasteiger partial charge is 0.317 e. The van der Waals surface area contributed by atoms with Crippen LogP contribution in [0.1, 0.15) is 11.1 Å². The van der Waals surface area contributed by atoms with Crippen LogP contribution in [-0.4, -0.2) is 24.7 Å². The molecule has 134 valence electrons. The fourth-order valence-electron chi connectivity index (χ4n) is 2.15. The minimum atomic E-state index is -0.959. The fraction of sp³-hybridized carbons (Fsp3) is 0.235. The van der Waals surface area contributed by atoms with E-state index in [1.807, 2.05) is 0 Å². The molecule has 0 heterocycles. The van der Waals surface area contributed by atoms with Crippen molar-refractivity contribution in [3.05, 3.63) is 56.8 Å². The summed E-state index contributed by atoms with van der Waals surface area (Å²) in [6.45, 7) is 0.182. The number of carboxylic acids is 1. The molecule has 2 aromatic carbocycles. The number of methoxy groups -OCH3 is 1. The molecular formula is C17H16BrClFNO4. The van der Waals surface area contributed by atoms with Crippen molar-refractivity contribution in [2.75, 3.05) is 13.7 Å². The number of carboxylic acid groups (broad SMARTS) is 1. The zero-order chi connectivity index (χ0) is 18.4. The fourth-order valence-corrected chi connectivity index (χ4v) is 2.82. The molecule has 0 aromatic heterocycles. The summed E-state index contributed by atoms with van der Waals surface area (Å²) in [4.78, 5) is 10.7. The van der Waals surface area contributed by atoms with E-state index in [4.69, 9.17) is 26.2 Å². The summed E-state index contributed by atoms with van der Waals surface area (Å²) in [6.07, 6.45) is 0. The summed E-state index contributed by atoms with van der Waals surface area (Å²) in [7, 11) is 1.51. The van der Waals surface area contributed by atoms with E-state index in [2.05, 4.69) is 21.2 Å². The highest BCUT2D eigenvalue weighted by molar-refractivity contribution is 9.10. The molecule has 0 aliphatic carbocycles. The van der Waals surface area contributed by atoms with E-state index in [-0.39, 0.29) is 24.7 Å². The Labute approximate surface area is 157 Å². The molecule has 0 amide bonds. The normalized spacial score (nSPS) is 10.6. The lowest BCUT2D eigenvalue weighted by molar-refractivity contribution is -0.136. The lowest BCUT2D eigenvalue weighted by Gasteiger charge is -2.17. The number of ether oxygens (including phenoxy) is 2. The molecule has 0 fully saturated rings. The van der Waals surface area contributed by atoms with Gasteiger partial charge in [0.2, 0.25) is 0 Å². The third kappa shape index (κ3) is 5.32. The third-order valence-corrected chi connectivity index (χ3v) is 4.45. The van der Waals surface area contributed by atoms with Crippen LogP contribution in [0.3, 0.4) is 0 Å². The first-order valence-electron chi connectivity index (χ1n) is 7.27. The monoisotopic (exact) mass is 431 g/mol. The first kappa shape index (κ1) is 19.5. The molecule has 0 aliphatic rings. The van der Waals surface area contributed by atoms with E-state index >= 15 is 0 Å². The van der Waals surface area contributed by atoms with E-state index in [1.54, 1.807) is 18.2 Å². The van der Waals surface area contributed by atoms with Gasteiger partial charge in [0.25, 0.3) is 0 Å². The van der Waals surface area contributed by atoms with Gasteiger partial charge in [-0.15, -0.1) is 0 Å². The Bertz CT molecular complexity index is 773. The second-order valence-electron chi connectivity index (χ2n) is 5.08. The van der Waals surface area contributed by atoms with Crippen molar-refractivity contribution in [3.8, 4) is 11.5 Å². The minimum Gasteiger partial charge on any atom is -0.493 e. The SMILES string of the molecule is COc1ccc(Br)c(CNCC(=O)O)c1OCc1ccc(F)cc1Cl. The number of carbonyl (C=O) groups is 1. The summed E-state index contributed by atoms with van der Waals surface area (Å²) >= 11 is 9.45. The topological polar surface area (TPSA) is 67.8 Å². The standard InChI is InChI=1S/C17H16BrClFNO4/c1-24-15-5-4-13(18)12(7-21-8-16(22)23)17(15)25-9-10-2-3-11(20)6-14(10)19/h2-6,21H,7-9H2,1H3,(H,22,23). The Morgan fingerprint density at radius 1 is 1.36 bits per heavy atom. The Kier molecular flexibility index (Phi) is 7.04. The third-order valence-electron chi connectivity index (χ3n) is 3.35. The molecular weight excluding hydrogens is 417 g/mol. The van der Waals surface area contributed by atoms with Gasteiger partial charge in [-0.25, -0.2) is 4.39 Å². The summed E-state index contributed by atoms with van der Waals surface area (Å²) in [6, 6.07) is 7.58. The lowest BCUT2D eigenvalue weighted by Crippen LogP contribution is -2.22.